The van der Waals surface area contributed by atoms with Gasteiger partial charge in [-0.25, -0.2) is 9.69 Å². The van der Waals surface area contributed by atoms with Gasteiger partial charge in [-0.05, 0) is 37.1 Å². The molecule has 7 heteroatoms. The average Bonchev–Trinajstić information content (AvgIpc) is 2.85. The molecule has 0 saturated carbocycles. The zero-order valence-electron chi connectivity index (χ0n) is 12.6. The van der Waals surface area contributed by atoms with Crippen molar-refractivity contribution in [2.75, 3.05) is 18.6 Å². The van der Waals surface area contributed by atoms with E-state index in [9.17, 15) is 14.4 Å². The van der Waals surface area contributed by atoms with E-state index in [2.05, 4.69) is 0 Å². The SMILES string of the molecule is COC(=O)[C@@H]1CCCN2C(=O)N(c3ccc(C#N)cc3)C(=O)[C@@H]12. The third-order valence-electron chi connectivity index (χ3n) is 4.30. The number of ether oxygens (including phenoxy) is 1. The summed E-state index contributed by atoms with van der Waals surface area (Å²) in [5.41, 5.74) is 0.843. The summed E-state index contributed by atoms with van der Waals surface area (Å²) in [6.07, 6.45) is 1.17. The van der Waals surface area contributed by atoms with Crippen molar-refractivity contribution in [1.82, 2.24) is 4.90 Å². The predicted molar refractivity (Wildman–Crippen MR) is 79.3 cm³/mol. The van der Waals surface area contributed by atoms with Gasteiger partial charge in [0.25, 0.3) is 5.91 Å². The highest BCUT2D eigenvalue weighted by Crippen LogP contribution is 2.34. The molecule has 0 radical (unpaired) electrons. The third kappa shape index (κ3) is 2.32. The lowest BCUT2D eigenvalue weighted by atomic mass is 9.89. The van der Waals surface area contributed by atoms with Crippen molar-refractivity contribution in [2.45, 2.75) is 18.9 Å². The van der Waals surface area contributed by atoms with Crippen LogP contribution < -0.4 is 4.90 Å². The van der Waals surface area contributed by atoms with Crippen LogP contribution in [0.1, 0.15) is 18.4 Å². The number of hydrogen-bond donors (Lipinski definition) is 0. The maximum atomic E-state index is 12.7. The Morgan fingerprint density at radius 2 is 2.00 bits per heavy atom. The van der Waals surface area contributed by atoms with Crippen LogP contribution in [-0.4, -0.2) is 42.5 Å². The van der Waals surface area contributed by atoms with Gasteiger partial charge in [0.15, 0.2) is 0 Å². The molecule has 2 aliphatic rings. The fraction of sp³-hybridized carbons (Fsp3) is 0.375. The highest BCUT2D eigenvalue weighted by atomic mass is 16.5. The van der Waals surface area contributed by atoms with E-state index in [1.807, 2.05) is 6.07 Å². The van der Waals surface area contributed by atoms with Crippen molar-refractivity contribution in [1.29, 1.82) is 5.26 Å². The van der Waals surface area contributed by atoms with Gasteiger partial charge in [0, 0.05) is 6.54 Å². The smallest absolute Gasteiger partial charge is 0.332 e. The third-order valence-corrected chi connectivity index (χ3v) is 4.30. The topological polar surface area (TPSA) is 90.7 Å². The molecule has 3 rings (SSSR count). The van der Waals surface area contributed by atoms with Crippen LogP contribution in [0, 0.1) is 17.2 Å². The van der Waals surface area contributed by atoms with Crippen molar-refractivity contribution < 1.29 is 19.1 Å². The summed E-state index contributed by atoms with van der Waals surface area (Å²) in [5.74, 6) is -1.52. The van der Waals surface area contributed by atoms with E-state index in [1.54, 1.807) is 24.3 Å². The zero-order chi connectivity index (χ0) is 16.6. The first-order valence-electron chi connectivity index (χ1n) is 7.31. The van der Waals surface area contributed by atoms with E-state index in [0.29, 0.717) is 30.6 Å². The van der Waals surface area contributed by atoms with E-state index in [0.717, 1.165) is 4.90 Å². The zero-order valence-corrected chi connectivity index (χ0v) is 12.6. The molecular formula is C16H15N3O4. The number of amides is 3. The van der Waals surface area contributed by atoms with Crippen LogP contribution in [0.2, 0.25) is 0 Å². The minimum absolute atomic E-state index is 0.400. The number of nitrogens with zero attached hydrogens (tertiary/aromatic N) is 3. The maximum absolute atomic E-state index is 12.7. The Morgan fingerprint density at radius 1 is 1.30 bits per heavy atom. The fourth-order valence-corrected chi connectivity index (χ4v) is 3.19. The molecule has 1 aromatic carbocycles. The van der Waals surface area contributed by atoms with Gasteiger partial charge in [-0.15, -0.1) is 0 Å². The first-order valence-corrected chi connectivity index (χ1v) is 7.31. The Kier molecular flexibility index (Phi) is 3.74. The van der Waals surface area contributed by atoms with Crippen molar-refractivity contribution in [3.05, 3.63) is 29.8 Å². The second kappa shape index (κ2) is 5.72. The Bertz CT molecular complexity index is 707. The van der Waals surface area contributed by atoms with Crippen LogP contribution in [0.25, 0.3) is 0 Å². The van der Waals surface area contributed by atoms with E-state index >= 15 is 0 Å². The van der Waals surface area contributed by atoms with Gasteiger partial charge in [-0.3, -0.25) is 9.59 Å². The predicted octanol–water partition coefficient (Wildman–Crippen LogP) is 1.28. The molecule has 0 spiro atoms. The molecule has 23 heavy (non-hydrogen) atoms. The Morgan fingerprint density at radius 3 is 2.61 bits per heavy atom. The normalized spacial score (nSPS) is 23.5. The molecule has 3 amide bonds. The number of urea groups is 1. The van der Waals surface area contributed by atoms with Crippen LogP contribution in [-0.2, 0) is 14.3 Å². The summed E-state index contributed by atoms with van der Waals surface area (Å²) in [7, 11) is 1.28. The van der Waals surface area contributed by atoms with Gasteiger partial charge >= 0.3 is 12.0 Å². The van der Waals surface area contributed by atoms with Gasteiger partial charge in [0.2, 0.25) is 0 Å². The second-order valence-electron chi connectivity index (χ2n) is 5.53. The molecular weight excluding hydrogens is 298 g/mol. The highest BCUT2D eigenvalue weighted by molar-refractivity contribution is 6.22. The highest BCUT2D eigenvalue weighted by Gasteiger charge is 2.53. The summed E-state index contributed by atoms with van der Waals surface area (Å²) in [4.78, 5) is 39.7. The van der Waals surface area contributed by atoms with E-state index in [-0.39, 0.29) is 0 Å². The van der Waals surface area contributed by atoms with Crippen LogP contribution in [0.3, 0.4) is 0 Å². The molecule has 0 N–H and O–H groups in total. The van der Waals surface area contributed by atoms with Crippen LogP contribution >= 0.6 is 0 Å². The number of hydrogen-bond acceptors (Lipinski definition) is 5. The molecule has 0 aromatic heterocycles. The van der Waals surface area contributed by atoms with E-state index in [1.165, 1.54) is 12.0 Å². The molecule has 0 aliphatic carbocycles. The number of rotatable bonds is 2. The molecule has 2 heterocycles. The monoisotopic (exact) mass is 313 g/mol. The standard InChI is InChI=1S/C16H15N3O4/c1-23-15(21)12-3-2-8-18-13(12)14(20)19(16(18)22)11-6-4-10(9-17)5-7-11/h4-7,12-13H,2-3,8H2,1H3/t12-,13-/m1/s1. The summed E-state index contributed by atoms with van der Waals surface area (Å²) in [5, 5.41) is 8.83. The largest absolute Gasteiger partial charge is 0.469 e. The number of nitriles is 1. The molecule has 2 saturated heterocycles. The van der Waals surface area contributed by atoms with E-state index < -0.39 is 29.9 Å². The number of esters is 1. The number of imide groups is 1. The Balaban J connectivity index is 1.95. The van der Waals surface area contributed by atoms with Gasteiger partial charge in [0.05, 0.1) is 30.3 Å². The van der Waals surface area contributed by atoms with Crippen molar-refractivity contribution >= 4 is 23.6 Å². The van der Waals surface area contributed by atoms with Crippen LogP contribution in [0.5, 0.6) is 0 Å². The summed E-state index contributed by atoms with van der Waals surface area (Å²) >= 11 is 0. The molecule has 2 atom stereocenters. The maximum Gasteiger partial charge on any atom is 0.332 e. The Labute approximate surface area is 133 Å². The first kappa shape index (κ1) is 15.0. The Hall–Kier alpha value is -2.88. The lowest BCUT2D eigenvalue weighted by Crippen LogP contribution is -2.48. The van der Waals surface area contributed by atoms with Gasteiger partial charge in [-0.1, -0.05) is 0 Å². The van der Waals surface area contributed by atoms with Crippen LogP contribution in [0.4, 0.5) is 10.5 Å². The van der Waals surface area contributed by atoms with Crippen molar-refractivity contribution in [3.63, 3.8) is 0 Å². The van der Waals surface area contributed by atoms with Crippen molar-refractivity contribution in [3.8, 4) is 6.07 Å². The first-order chi connectivity index (χ1) is 11.1. The molecule has 118 valence electrons. The van der Waals surface area contributed by atoms with Gasteiger partial charge < -0.3 is 9.64 Å². The molecule has 0 unspecified atom stereocenters. The number of benzene rings is 1. The molecule has 7 nitrogen and oxygen atoms in total. The number of methoxy groups -OCH3 is 1. The minimum atomic E-state index is -0.806. The lowest BCUT2D eigenvalue weighted by Gasteiger charge is -2.31. The number of piperidine rings is 1. The number of anilines is 1. The van der Waals surface area contributed by atoms with Crippen molar-refractivity contribution in [2.24, 2.45) is 5.92 Å². The van der Waals surface area contributed by atoms with Gasteiger partial charge in [-0.2, -0.15) is 5.26 Å². The number of fused-ring (bicyclic) bond motifs is 1. The van der Waals surface area contributed by atoms with Gasteiger partial charge in [0.1, 0.15) is 6.04 Å². The average molecular weight is 313 g/mol. The summed E-state index contributed by atoms with van der Waals surface area (Å²) in [6.45, 7) is 0.440. The summed E-state index contributed by atoms with van der Waals surface area (Å²) in [6, 6.07) is 6.95. The molecule has 2 aliphatic heterocycles. The number of carbonyl (C=O) groups excluding carboxylic acids is 3. The molecule has 0 bridgehead atoms. The fourth-order valence-electron chi connectivity index (χ4n) is 3.19. The quantitative estimate of drug-likeness (QED) is 0.606. The second-order valence-corrected chi connectivity index (χ2v) is 5.53. The minimum Gasteiger partial charge on any atom is -0.469 e. The number of carbonyl (C=O) groups is 3. The molecule has 1 aromatic rings. The molecule has 2 fully saturated rings. The lowest BCUT2D eigenvalue weighted by molar-refractivity contribution is -0.150. The van der Waals surface area contributed by atoms with E-state index in [4.69, 9.17) is 10.00 Å². The summed E-state index contributed by atoms with van der Waals surface area (Å²) < 4.78 is 4.77. The van der Waals surface area contributed by atoms with Crippen LogP contribution in [0.15, 0.2) is 24.3 Å².